The molecular formula is C17H22N2O2. The van der Waals surface area contributed by atoms with Gasteiger partial charge in [0.25, 0.3) is 5.91 Å². The summed E-state index contributed by atoms with van der Waals surface area (Å²) in [4.78, 5) is 12.3. The number of ether oxygens (including phenoxy) is 1. The van der Waals surface area contributed by atoms with Gasteiger partial charge in [0.1, 0.15) is 0 Å². The lowest BCUT2D eigenvalue weighted by Crippen LogP contribution is -2.35. The molecule has 1 fully saturated rings. The van der Waals surface area contributed by atoms with Crippen molar-refractivity contribution in [3.05, 3.63) is 34.9 Å². The number of hydrogen-bond donors (Lipinski definition) is 2. The summed E-state index contributed by atoms with van der Waals surface area (Å²) in [5.74, 6) is 5.67. The molecule has 2 rings (SSSR count). The zero-order valence-electron chi connectivity index (χ0n) is 12.4. The van der Waals surface area contributed by atoms with E-state index < -0.39 is 0 Å². The average Bonchev–Trinajstić information content (AvgIpc) is 2.51. The maximum Gasteiger partial charge on any atom is 0.252 e. The molecule has 1 aliphatic rings. The van der Waals surface area contributed by atoms with E-state index in [1.807, 2.05) is 25.1 Å². The molecule has 1 saturated heterocycles. The van der Waals surface area contributed by atoms with Crippen molar-refractivity contribution in [1.82, 2.24) is 5.32 Å². The molecule has 1 aromatic carbocycles. The minimum atomic E-state index is -0.106. The van der Waals surface area contributed by atoms with Gasteiger partial charge in [-0.25, -0.2) is 0 Å². The van der Waals surface area contributed by atoms with Crippen LogP contribution in [-0.2, 0) is 4.74 Å². The maximum atomic E-state index is 12.3. The summed E-state index contributed by atoms with van der Waals surface area (Å²) in [6.45, 7) is 3.60. The van der Waals surface area contributed by atoms with Crippen LogP contribution in [0.25, 0.3) is 0 Å². The number of nitrogens with two attached hydrogens (primary N) is 1. The second-order valence-electron chi connectivity index (χ2n) is 5.25. The number of amides is 1. The zero-order chi connectivity index (χ0) is 15.1. The fourth-order valence-electron chi connectivity index (χ4n) is 2.38. The quantitative estimate of drug-likeness (QED) is 0.830. The lowest BCUT2D eigenvalue weighted by Gasteiger charge is -2.22. The molecule has 1 aliphatic heterocycles. The van der Waals surface area contributed by atoms with Crippen molar-refractivity contribution in [2.24, 2.45) is 5.73 Å². The molecule has 1 atom stereocenters. The van der Waals surface area contributed by atoms with Crippen molar-refractivity contribution in [2.45, 2.75) is 32.3 Å². The highest BCUT2D eigenvalue weighted by Gasteiger charge is 2.16. The van der Waals surface area contributed by atoms with Gasteiger partial charge in [-0.05, 0) is 43.9 Å². The molecule has 21 heavy (non-hydrogen) atoms. The minimum Gasteiger partial charge on any atom is -0.376 e. The zero-order valence-corrected chi connectivity index (χ0v) is 12.4. The standard InChI is InChI=1S/C17H22N2O2/c1-13-7-8-16(14(11-13)5-4-9-18)17(20)19-12-15-6-2-3-10-21-15/h7-8,11,15H,2-3,6,9-10,12,18H2,1H3,(H,19,20). The molecule has 3 N–H and O–H groups in total. The molecule has 1 amide bonds. The first-order valence-electron chi connectivity index (χ1n) is 7.40. The summed E-state index contributed by atoms with van der Waals surface area (Å²) in [6.07, 6.45) is 3.42. The van der Waals surface area contributed by atoms with E-state index in [0.717, 1.165) is 37.0 Å². The van der Waals surface area contributed by atoms with Crippen molar-refractivity contribution in [2.75, 3.05) is 19.7 Å². The Morgan fingerprint density at radius 2 is 2.33 bits per heavy atom. The Morgan fingerprint density at radius 3 is 3.05 bits per heavy atom. The smallest absolute Gasteiger partial charge is 0.252 e. The summed E-state index contributed by atoms with van der Waals surface area (Å²) >= 11 is 0. The van der Waals surface area contributed by atoms with Gasteiger partial charge < -0.3 is 15.8 Å². The highest BCUT2D eigenvalue weighted by Crippen LogP contribution is 2.13. The van der Waals surface area contributed by atoms with Gasteiger partial charge in [-0.3, -0.25) is 4.79 Å². The third kappa shape index (κ3) is 4.59. The SMILES string of the molecule is Cc1ccc(C(=O)NCC2CCCCO2)c(C#CCN)c1. The van der Waals surface area contributed by atoms with E-state index in [2.05, 4.69) is 17.2 Å². The van der Waals surface area contributed by atoms with Gasteiger partial charge in [-0.1, -0.05) is 17.9 Å². The molecule has 0 aliphatic carbocycles. The summed E-state index contributed by atoms with van der Waals surface area (Å²) in [6, 6.07) is 5.64. The van der Waals surface area contributed by atoms with Crippen LogP contribution in [0.2, 0.25) is 0 Å². The number of rotatable bonds is 3. The highest BCUT2D eigenvalue weighted by molar-refractivity contribution is 5.96. The molecule has 1 unspecified atom stereocenters. The largest absolute Gasteiger partial charge is 0.376 e. The number of carbonyl (C=O) groups is 1. The molecule has 0 spiro atoms. The van der Waals surface area contributed by atoms with Gasteiger partial charge in [-0.15, -0.1) is 0 Å². The van der Waals surface area contributed by atoms with Crippen LogP contribution in [0.4, 0.5) is 0 Å². The first-order valence-corrected chi connectivity index (χ1v) is 7.40. The molecule has 1 aromatic rings. The average molecular weight is 286 g/mol. The van der Waals surface area contributed by atoms with E-state index in [4.69, 9.17) is 10.5 Å². The van der Waals surface area contributed by atoms with Gasteiger partial charge in [0.15, 0.2) is 0 Å². The fraction of sp³-hybridized carbons (Fsp3) is 0.471. The molecular weight excluding hydrogens is 264 g/mol. The normalized spacial score (nSPS) is 17.7. The van der Waals surface area contributed by atoms with Crippen LogP contribution in [-0.4, -0.2) is 31.7 Å². The lowest BCUT2D eigenvalue weighted by molar-refractivity contribution is 0.0169. The van der Waals surface area contributed by atoms with Crippen LogP contribution >= 0.6 is 0 Å². The van der Waals surface area contributed by atoms with E-state index in [1.54, 1.807) is 0 Å². The van der Waals surface area contributed by atoms with Crippen molar-refractivity contribution in [3.8, 4) is 11.8 Å². The Hall–Kier alpha value is -1.83. The number of nitrogens with one attached hydrogen (secondary N) is 1. The molecule has 0 saturated carbocycles. The Morgan fingerprint density at radius 1 is 1.48 bits per heavy atom. The van der Waals surface area contributed by atoms with Crippen LogP contribution in [0.15, 0.2) is 18.2 Å². The van der Waals surface area contributed by atoms with Crippen molar-refractivity contribution in [3.63, 3.8) is 0 Å². The van der Waals surface area contributed by atoms with E-state index in [1.165, 1.54) is 0 Å². The summed E-state index contributed by atoms with van der Waals surface area (Å²) in [5, 5.41) is 2.94. The van der Waals surface area contributed by atoms with Gasteiger partial charge in [0.2, 0.25) is 0 Å². The van der Waals surface area contributed by atoms with Crippen molar-refractivity contribution in [1.29, 1.82) is 0 Å². The summed E-state index contributed by atoms with van der Waals surface area (Å²) in [7, 11) is 0. The first kappa shape index (κ1) is 15.6. The molecule has 0 radical (unpaired) electrons. The Kier molecular flexibility index (Phi) is 5.79. The molecule has 0 bridgehead atoms. The van der Waals surface area contributed by atoms with Gasteiger partial charge >= 0.3 is 0 Å². The fourth-order valence-corrected chi connectivity index (χ4v) is 2.38. The summed E-state index contributed by atoms with van der Waals surface area (Å²) < 4.78 is 5.62. The Bertz CT molecular complexity index is 552. The predicted molar refractivity (Wildman–Crippen MR) is 83.0 cm³/mol. The van der Waals surface area contributed by atoms with Crippen LogP contribution in [0.5, 0.6) is 0 Å². The van der Waals surface area contributed by atoms with Gasteiger partial charge in [0.05, 0.1) is 18.2 Å². The lowest BCUT2D eigenvalue weighted by atomic mass is 10.0. The number of hydrogen-bond acceptors (Lipinski definition) is 3. The number of carbonyl (C=O) groups excluding carboxylic acids is 1. The molecule has 1 heterocycles. The van der Waals surface area contributed by atoms with Crippen LogP contribution in [0.1, 0.15) is 40.7 Å². The second-order valence-corrected chi connectivity index (χ2v) is 5.25. The monoisotopic (exact) mass is 286 g/mol. The van der Waals surface area contributed by atoms with Gasteiger partial charge in [0, 0.05) is 18.7 Å². The third-order valence-corrected chi connectivity index (χ3v) is 3.51. The summed E-state index contributed by atoms with van der Waals surface area (Å²) in [5.41, 5.74) is 7.80. The van der Waals surface area contributed by atoms with Crippen LogP contribution in [0.3, 0.4) is 0 Å². The number of aryl methyl sites for hydroxylation is 1. The predicted octanol–water partition coefficient (Wildman–Crippen LogP) is 1.60. The third-order valence-electron chi connectivity index (χ3n) is 3.51. The second kappa shape index (κ2) is 7.82. The number of benzene rings is 1. The Labute approximate surface area is 126 Å². The Balaban J connectivity index is 2.03. The molecule has 0 aromatic heterocycles. The molecule has 4 heteroatoms. The van der Waals surface area contributed by atoms with Crippen molar-refractivity contribution >= 4 is 5.91 Å². The minimum absolute atomic E-state index is 0.106. The van der Waals surface area contributed by atoms with Crippen LogP contribution < -0.4 is 11.1 Å². The topological polar surface area (TPSA) is 64.3 Å². The van der Waals surface area contributed by atoms with E-state index in [0.29, 0.717) is 12.1 Å². The van der Waals surface area contributed by atoms with Crippen molar-refractivity contribution < 1.29 is 9.53 Å². The van der Waals surface area contributed by atoms with Gasteiger partial charge in [-0.2, -0.15) is 0 Å². The van der Waals surface area contributed by atoms with E-state index >= 15 is 0 Å². The maximum absolute atomic E-state index is 12.3. The van der Waals surface area contributed by atoms with E-state index in [9.17, 15) is 4.79 Å². The van der Waals surface area contributed by atoms with Crippen LogP contribution in [0, 0.1) is 18.8 Å². The van der Waals surface area contributed by atoms with E-state index in [-0.39, 0.29) is 18.6 Å². The molecule has 4 nitrogen and oxygen atoms in total. The first-order chi connectivity index (χ1) is 10.2. The highest BCUT2D eigenvalue weighted by atomic mass is 16.5. The molecule has 112 valence electrons.